The van der Waals surface area contributed by atoms with Crippen LogP contribution in [-0.2, 0) is 0 Å². The summed E-state index contributed by atoms with van der Waals surface area (Å²) in [5, 5.41) is 0. The number of hydrogen-bond donors (Lipinski definition) is 0. The van der Waals surface area contributed by atoms with Crippen molar-refractivity contribution in [3.63, 3.8) is 0 Å². The Balaban J connectivity index is 2.84. The Kier molecular flexibility index (Phi) is 7.56. The maximum atomic E-state index is 12.9. The van der Waals surface area contributed by atoms with Gasteiger partial charge in [0.15, 0.2) is 28.8 Å². The Labute approximate surface area is 137 Å². The summed E-state index contributed by atoms with van der Waals surface area (Å²) in [6.45, 7) is 6.40. The number of carbonyl (C=O) groups excluding carboxylic acids is 1. The summed E-state index contributed by atoms with van der Waals surface area (Å²) in [5.74, 6) is 0.884. The van der Waals surface area contributed by atoms with Crippen LogP contribution in [0.4, 0.5) is 0 Å². The largest absolute Gasteiger partial charge is 0.427 e. The Bertz CT molecular complexity index is 431. The van der Waals surface area contributed by atoms with Crippen LogP contribution in [0.5, 0.6) is 5.75 Å². The molecule has 0 aliphatic rings. The van der Waals surface area contributed by atoms with E-state index in [1.807, 2.05) is 47.3 Å². The molecule has 0 aromatic heterocycles. The molecule has 0 aliphatic heterocycles. The summed E-state index contributed by atoms with van der Waals surface area (Å²) in [6.07, 6.45) is 6.64. The first-order valence-corrected chi connectivity index (χ1v) is 8.39. The van der Waals surface area contributed by atoms with Gasteiger partial charge < -0.3 is 3.07 Å². The Morgan fingerprint density at radius 2 is 1.90 bits per heavy atom. The summed E-state index contributed by atoms with van der Waals surface area (Å²) in [7, 11) is 0. The molecule has 0 amide bonds. The second kappa shape index (κ2) is 8.65. The summed E-state index contributed by atoms with van der Waals surface area (Å²) in [6, 6.07) is 7.53. The van der Waals surface area contributed by atoms with E-state index in [1.165, 1.54) is 19.3 Å². The van der Waals surface area contributed by atoms with E-state index in [-0.39, 0.29) is 11.2 Å². The number of carbonyl (C=O) groups is 1. The van der Waals surface area contributed by atoms with E-state index >= 15 is 0 Å². The molecular weight excluding hydrogens is 363 g/mol. The molecule has 0 heterocycles. The molecule has 1 aromatic rings. The first-order chi connectivity index (χ1) is 9.59. The van der Waals surface area contributed by atoms with Crippen LogP contribution in [0.2, 0.25) is 0 Å². The van der Waals surface area contributed by atoms with E-state index in [9.17, 15) is 4.79 Å². The molecule has 1 atom stereocenters. The fourth-order valence-corrected chi connectivity index (χ4v) is 2.82. The molecule has 0 aliphatic carbocycles. The normalized spacial score (nSPS) is 13.8. The number of unbranched alkanes of at least 4 members (excludes halogenated alkanes) is 3. The van der Waals surface area contributed by atoms with Gasteiger partial charge in [-0.3, -0.25) is 4.79 Å². The summed E-state index contributed by atoms with van der Waals surface area (Å²) in [5.41, 5.74) is 0.431. The minimum absolute atomic E-state index is 0.212. The number of hydrogen-bond acceptors (Lipinski definition) is 2. The maximum Gasteiger partial charge on any atom is 0.192 e. The number of benzene rings is 1. The molecule has 0 fully saturated rings. The van der Waals surface area contributed by atoms with Crippen LogP contribution in [0.15, 0.2) is 24.3 Å². The molecule has 0 N–H and O–H groups in total. The minimum Gasteiger partial charge on any atom is -0.427 e. The van der Waals surface area contributed by atoms with Crippen molar-refractivity contribution in [1.29, 1.82) is 0 Å². The highest BCUT2D eigenvalue weighted by molar-refractivity contribution is 14.1. The van der Waals surface area contributed by atoms with Gasteiger partial charge in [-0.2, -0.15) is 0 Å². The van der Waals surface area contributed by atoms with Crippen molar-refractivity contribution in [2.45, 2.75) is 59.3 Å². The molecule has 3 heteroatoms. The van der Waals surface area contributed by atoms with Gasteiger partial charge in [0.1, 0.15) is 5.75 Å². The molecule has 112 valence electrons. The average Bonchev–Trinajstić information content (AvgIpc) is 2.50. The second-order valence-corrected chi connectivity index (χ2v) is 6.07. The van der Waals surface area contributed by atoms with Crippen LogP contribution in [-0.4, -0.2) is 5.78 Å². The molecule has 0 saturated heterocycles. The Morgan fingerprint density at radius 1 is 1.20 bits per heavy atom. The summed E-state index contributed by atoms with van der Waals surface area (Å²) >= 11 is 1.84. The molecule has 1 aromatic carbocycles. The van der Waals surface area contributed by atoms with Crippen molar-refractivity contribution < 1.29 is 7.86 Å². The number of rotatable bonds is 9. The predicted molar refractivity (Wildman–Crippen MR) is 92.6 cm³/mol. The van der Waals surface area contributed by atoms with Crippen molar-refractivity contribution >= 4 is 28.8 Å². The number of Topliss-reactive ketones (excluding diaryl/α,β-unsaturated/α-hetero) is 1. The molecule has 0 bridgehead atoms. The smallest absolute Gasteiger partial charge is 0.192 e. The summed E-state index contributed by atoms with van der Waals surface area (Å²) in [4.78, 5) is 12.9. The lowest BCUT2D eigenvalue weighted by molar-refractivity contribution is 0.0789. The Hall–Kier alpha value is -0.580. The fraction of sp³-hybridized carbons (Fsp3) is 0.588. The van der Waals surface area contributed by atoms with Crippen LogP contribution >= 0.6 is 23.0 Å². The molecule has 0 radical (unpaired) electrons. The minimum atomic E-state index is -0.279. The van der Waals surface area contributed by atoms with Gasteiger partial charge in [-0.15, -0.1) is 0 Å². The quantitative estimate of drug-likeness (QED) is 0.295. The van der Waals surface area contributed by atoms with Crippen LogP contribution in [0, 0.1) is 5.41 Å². The lowest BCUT2D eigenvalue weighted by atomic mass is 9.75. The molecule has 20 heavy (non-hydrogen) atoms. The van der Waals surface area contributed by atoms with Gasteiger partial charge in [0, 0.05) is 5.41 Å². The van der Waals surface area contributed by atoms with E-state index < -0.39 is 0 Å². The first-order valence-electron chi connectivity index (χ1n) is 7.51. The highest BCUT2D eigenvalue weighted by atomic mass is 127. The molecular formula is C17H25IO2. The second-order valence-electron chi connectivity index (χ2n) is 5.63. The third kappa shape index (κ3) is 4.47. The van der Waals surface area contributed by atoms with Crippen molar-refractivity contribution in [2.24, 2.45) is 5.41 Å². The van der Waals surface area contributed by atoms with Crippen molar-refractivity contribution in [1.82, 2.24) is 0 Å². The van der Waals surface area contributed by atoms with Gasteiger partial charge in [0.05, 0.1) is 5.56 Å². The molecule has 2 nitrogen and oxygen atoms in total. The number of ketones is 1. The van der Waals surface area contributed by atoms with E-state index in [4.69, 9.17) is 3.07 Å². The number of para-hydroxylation sites is 1. The van der Waals surface area contributed by atoms with E-state index in [1.54, 1.807) is 0 Å². The predicted octanol–water partition coefficient (Wildman–Crippen LogP) is 5.98. The van der Waals surface area contributed by atoms with Crippen molar-refractivity contribution in [3.05, 3.63) is 29.8 Å². The van der Waals surface area contributed by atoms with Gasteiger partial charge in [0.2, 0.25) is 0 Å². The van der Waals surface area contributed by atoms with Gasteiger partial charge in [-0.25, -0.2) is 0 Å². The molecule has 1 unspecified atom stereocenters. The highest BCUT2D eigenvalue weighted by Crippen LogP contribution is 2.35. The maximum absolute atomic E-state index is 12.9. The lowest BCUT2D eigenvalue weighted by Crippen LogP contribution is -2.27. The monoisotopic (exact) mass is 388 g/mol. The van der Waals surface area contributed by atoms with E-state index in [2.05, 4.69) is 20.8 Å². The third-order valence-electron chi connectivity index (χ3n) is 4.13. The van der Waals surface area contributed by atoms with Crippen molar-refractivity contribution in [3.8, 4) is 5.75 Å². The van der Waals surface area contributed by atoms with Crippen LogP contribution < -0.4 is 3.07 Å². The zero-order valence-electron chi connectivity index (χ0n) is 12.7. The molecule has 0 spiro atoms. The molecule has 1 rings (SSSR count). The van der Waals surface area contributed by atoms with E-state index in [0.29, 0.717) is 11.3 Å². The van der Waals surface area contributed by atoms with Gasteiger partial charge in [0.25, 0.3) is 0 Å². The van der Waals surface area contributed by atoms with Gasteiger partial charge >= 0.3 is 0 Å². The first kappa shape index (κ1) is 17.5. The van der Waals surface area contributed by atoms with Crippen molar-refractivity contribution in [2.75, 3.05) is 0 Å². The molecule has 0 saturated carbocycles. The van der Waals surface area contributed by atoms with Gasteiger partial charge in [-0.1, -0.05) is 58.6 Å². The summed E-state index contributed by atoms with van der Waals surface area (Å²) < 4.78 is 5.30. The van der Waals surface area contributed by atoms with E-state index in [0.717, 1.165) is 19.3 Å². The topological polar surface area (TPSA) is 26.3 Å². The van der Waals surface area contributed by atoms with Gasteiger partial charge in [-0.05, 0) is 25.0 Å². The SMILES string of the molecule is CCCCCCC(C)(CC)C(=O)c1ccccc1OI. The van der Waals surface area contributed by atoms with Crippen LogP contribution in [0.1, 0.15) is 69.7 Å². The highest BCUT2D eigenvalue weighted by Gasteiger charge is 2.33. The standard InChI is InChI=1S/C17H25IO2/c1-4-6-7-10-13-17(3,5-2)16(19)14-11-8-9-12-15(14)20-18/h8-9,11-12H,4-7,10,13H2,1-3H3. The van der Waals surface area contributed by atoms with Crippen LogP contribution in [0.3, 0.4) is 0 Å². The zero-order chi connectivity index (χ0) is 15.0. The van der Waals surface area contributed by atoms with Crippen LogP contribution in [0.25, 0.3) is 0 Å². The Morgan fingerprint density at radius 3 is 2.50 bits per heavy atom. The third-order valence-corrected chi connectivity index (χ3v) is 4.60. The zero-order valence-corrected chi connectivity index (χ0v) is 14.9. The average molecular weight is 388 g/mol. The fourth-order valence-electron chi connectivity index (χ4n) is 2.44. The lowest BCUT2D eigenvalue weighted by Gasteiger charge is -2.27. The number of halogens is 1.